The minimum absolute atomic E-state index is 0.163. The van der Waals surface area contributed by atoms with Gasteiger partial charge in [-0.25, -0.2) is 14.0 Å². The van der Waals surface area contributed by atoms with Gasteiger partial charge in [-0.1, -0.05) is 12.1 Å². The molecule has 2 aromatic carbocycles. The van der Waals surface area contributed by atoms with Crippen LogP contribution in [0.3, 0.4) is 0 Å². The topological polar surface area (TPSA) is 85.8 Å². The van der Waals surface area contributed by atoms with Gasteiger partial charge in [-0.05, 0) is 46.4 Å². The van der Waals surface area contributed by atoms with Crippen molar-refractivity contribution in [2.75, 3.05) is 19.8 Å². The van der Waals surface area contributed by atoms with Crippen molar-refractivity contribution < 1.29 is 18.3 Å². The Hall–Kier alpha value is -2.62. The zero-order valence-electron chi connectivity index (χ0n) is 15.3. The predicted molar refractivity (Wildman–Crippen MR) is 113 cm³/mol. The van der Waals surface area contributed by atoms with Crippen LogP contribution in [0.5, 0.6) is 5.75 Å². The van der Waals surface area contributed by atoms with Gasteiger partial charge in [-0.15, -0.1) is 0 Å². The lowest BCUT2D eigenvalue weighted by molar-refractivity contribution is 0.171. The molecule has 8 heteroatoms. The van der Waals surface area contributed by atoms with Gasteiger partial charge in [0.05, 0.1) is 3.57 Å². The van der Waals surface area contributed by atoms with Gasteiger partial charge >= 0.3 is 11.7 Å². The van der Waals surface area contributed by atoms with Gasteiger partial charge in [-0.3, -0.25) is 0 Å². The molecule has 0 aliphatic rings. The Balaban J connectivity index is 2.11. The first-order valence-electron chi connectivity index (χ1n) is 8.37. The Labute approximate surface area is 174 Å². The van der Waals surface area contributed by atoms with Crippen molar-refractivity contribution in [1.82, 2.24) is 4.90 Å². The molecule has 0 bridgehead atoms. The van der Waals surface area contributed by atoms with Gasteiger partial charge in [0.1, 0.15) is 18.0 Å². The molecular formula is C20H18FIN2O4. The summed E-state index contributed by atoms with van der Waals surface area (Å²) >= 11 is 1.99. The van der Waals surface area contributed by atoms with Crippen LogP contribution >= 0.6 is 22.6 Å². The molecule has 1 heterocycles. The summed E-state index contributed by atoms with van der Waals surface area (Å²) in [7, 11) is 3.11. The van der Waals surface area contributed by atoms with E-state index in [1.54, 1.807) is 38.4 Å². The van der Waals surface area contributed by atoms with Crippen molar-refractivity contribution in [1.29, 1.82) is 0 Å². The zero-order valence-corrected chi connectivity index (χ0v) is 17.4. The van der Waals surface area contributed by atoms with E-state index in [-0.39, 0.29) is 28.9 Å². The summed E-state index contributed by atoms with van der Waals surface area (Å²) in [5.74, 6) is 0.239. The third-order valence-corrected chi connectivity index (χ3v) is 5.04. The number of anilines is 1. The lowest BCUT2D eigenvalue weighted by Crippen LogP contribution is -2.25. The van der Waals surface area contributed by atoms with Gasteiger partial charge < -0.3 is 19.8 Å². The number of amides is 1. The van der Waals surface area contributed by atoms with Crippen LogP contribution in [0.15, 0.2) is 45.6 Å². The van der Waals surface area contributed by atoms with E-state index in [0.29, 0.717) is 14.6 Å². The molecule has 0 saturated heterocycles. The number of hydrogen-bond acceptors (Lipinski definition) is 5. The molecule has 0 unspecified atom stereocenters. The molecule has 0 atom stereocenters. The lowest BCUT2D eigenvalue weighted by Gasteiger charge is -2.14. The summed E-state index contributed by atoms with van der Waals surface area (Å²) in [6, 6.07) is 10.1. The number of hydrogen-bond donors (Lipinski definition) is 1. The van der Waals surface area contributed by atoms with Crippen LogP contribution in [-0.2, 0) is 13.1 Å². The standard InChI is InChI=1S/C20H18FIN2O4/c1-24(2)20(26)28-18-9-17-13(8-16(18)22)15(10-21)14(19(25)27-17)7-11-4-3-5-12(23)6-11/h3-6,8-9H,7,10,23H2,1-2H3. The largest absolute Gasteiger partial charge is 0.422 e. The first-order valence-corrected chi connectivity index (χ1v) is 9.45. The SMILES string of the molecule is CN(C)C(=O)Oc1cc2oc(=O)c(Cc3cccc(N)c3)c(CF)c2cc1I. The molecule has 0 saturated carbocycles. The van der Waals surface area contributed by atoms with Crippen LogP contribution in [0.4, 0.5) is 14.9 Å². The number of nitrogens with zero attached hydrogens (tertiary/aromatic N) is 1. The van der Waals surface area contributed by atoms with Gasteiger partial charge in [0, 0.05) is 48.8 Å². The molecule has 28 heavy (non-hydrogen) atoms. The molecule has 3 aromatic rings. The lowest BCUT2D eigenvalue weighted by atomic mass is 9.99. The van der Waals surface area contributed by atoms with Gasteiger partial charge in [0.15, 0.2) is 0 Å². The highest BCUT2D eigenvalue weighted by Gasteiger charge is 2.19. The normalized spacial score (nSPS) is 10.9. The third kappa shape index (κ3) is 4.11. The average molecular weight is 496 g/mol. The molecule has 0 aliphatic carbocycles. The van der Waals surface area contributed by atoms with Crippen LogP contribution in [0.2, 0.25) is 0 Å². The van der Waals surface area contributed by atoms with Gasteiger partial charge in [0.25, 0.3) is 0 Å². The number of halogens is 2. The minimum Gasteiger partial charge on any atom is -0.422 e. The third-order valence-electron chi connectivity index (χ3n) is 4.20. The number of carbonyl (C=O) groups excluding carboxylic acids is 1. The molecule has 0 radical (unpaired) electrons. The second-order valence-electron chi connectivity index (χ2n) is 6.44. The summed E-state index contributed by atoms with van der Waals surface area (Å²) < 4.78 is 25.2. The summed E-state index contributed by atoms with van der Waals surface area (Å²) in [5, 5.41) is 0.468. The maximum atomic E-state index is 13.9. The Kier molecular flexibility index (Phi) is 5.87. The van der Waals surface area contributed by atoms with Crippen LogP contribution in [0.25, 0.3) is 11.0 Å². The Morgan fingerprint density at radius 3 is 2.64 bits per heavy atom. The number of carbonyl (C=O) groups is 1. The van der Waals surface area contributed by atoms with Crippen molar-refractivity contribution in [3.63, 3.8) is 0 Å². The zero-order chi connectivity index (χ0) is 20.4. The molecular weight excluding hydrogens is 478 g/mol. The Morgan fingerprint density at radius 1 is 1.25 bits per heavy atom. The van der Waals surface area contributed by atoms with E-state index in [9.17, 15) is 14.0 Å². The number of ether oxygens (including phenoxy) is 1. The second-order valence-corrected chi connectivity index (χ2v) is 7.61. The van der Waals surface area contributed by atoms with Crippen molar-refractivity contribution in [2.24, 2.45) is 0 Å². The summed E-state index contributed by atoms with van der Waals surface area (Å²) in [6.45, 7) is -0.827. The fourth-order valence-corrected chi connectivity index (χ4v) is 3.38. The van der Waals surface area contributed by atoms with Crippen LogP contribution in [0, 0.1) is 3.57 Å². The number of rotatable bonds is 4. The predicted octanol–water partition coefficient (Wildman–Crippen LogP) is 4.10. The van der Waals surface area contributed by atoms with Crippen molar-refractivity contribution in [3.05, 3.63) is 67.1 Å². The molecule has 0 spiro atoms. The molecule has 0 fully saturated rings. The Morgan fingerprint density at radius 2 is 2.00 bits per heavy atom. The van der Waals surface area contributed by atoms with E-state index in [0.717, 1.165) is 5.56 Å². The van der Waals surface area contributed by atoms with Crippen molar-refractivity contribution in [3.8, 4) is 5.75 Å². The molecule has 2 N–H and O–H groups in total. The first kappa shape index (κ1) is 20.1. The summed E-state index contributed by atoms with van der Waals surface area (Å²) in [6.07, 6.45) is -0.361. The smallest absolute Gasteiger partial charge is 0.414 e. The number of nitrogen functional groups attached to an aromatic ring is 1. The fraction of sp³-hybridized carbons (Fsp3) is 0.200. The van der Waals surface area contributed by atoms with Crippen LogP contribution in [0.1, 0.15) is 16.7 Å². The summed E-state index contributed by atoms with van der Waals surface area (Å²) in [5.41, 5.74) is 7.17. The van der Waals surface area contributed by atoms with Crippen molar-refractivity contribution >= 4 is 45.3 Å². The van der Waals surface area contributed by atoms with E-state index in [4.69, 9.17) is 14.9 Å². The molecule has 3 rings (SSSR count). The Bertz CT molecular complexity index is 1110. The molecule has 6 nitrogen and oxygen atoms in total. The van der Waals surface area contributed by atoms with E-state index in [1.807, 2.05) is 28.7 Å². The highest BCUT2D eigenvalue weighted by Crippen LogP contribution is 2.31. The number of benzene rings is 2. The molecule has 1 aromatic heterocycles. The van der Waals surface area contributed by atoms with E-state index in [2.05, 4.69) is 0 Å². The number of nitrogens with two attached hydrogens (primary N) is 1. The molecule has 0 aliphatic heterocycles. The van der Waals surface area contributed by atoms with E-state index in [1.165, 1.54) is 11.0 Å². The number of fused-ring (bicyclic) bond motifs is 1. The van der Waals surface area contributed by atoms with E-state index >= 15 is 0 Å². The van der Waals surface area contributed by atoms with Gasteiger partial charge in [0.2, 0.25) is 0 Å². The van der Waals surface area contributed by atoms with E-state index < -0.39 is 18.4 Å². The molecule has 1 amide bonds. The van der Waals surface area contributed by atoms with Crippen LogP contribution in [-0.4, -0.2) is 25.1 Å². The highest BCUT2D eigenvalue weighted by molar-refractivity contribution is 14.1. The van der Waals surface area contributed by atoms with Crippen molar-refractivity contribution in [2.45, 2.75) is 13.1 Å². The maximum Gasteiger partial charge on any atom is 0.414 e. The highest BCUT2D eigenvalue weighted by atomic mass is 127. The average Bonchev–Trinajstić information content (AvgIpc) is 2.63. The summed E-state index contributed by atoms with van der Waals surface area (Å²) in [4.78, 5) is 25.6. The quantitative estimate of drug-likeness (QED) is 0.334. The molecule has 146 valence electrons. The first-order chi connectivity index (χ1) is 13.3. The van der Waals surface area contributed by atoms with Crippen LogP contribution < -0.4 is 16.1 Å². The second kappa shape index (κ2) is 8.17. The number of alkyl halides is 1. The minimum atomic E-state index is -0.827. The van der Waals surface area contributed by atoms with Gasteiger partial charge in [-0.2, -0.15) is 0 Å². The fourth-order valence-electron chi connectivity index (χ4n) is 2.80. The monoisotopic (exact) mass is 496 g/mol. The maximum absolute atomic E-state index is 13.9.